The number of H-pyrrole nitrogens is 1. The second-order valence-corrected chi connectivity index (χ2v) is 8.06. The lowest BCUT2D eigenvalue weighted by atomic mass is 10.2. The molecule has 0 bridgehead atoms. The van der Waals surface area contributed by atoms with Crippen molar-refractivity contribution in [3.8, 4) is 0 Å². The SMILES string of the molecule is CC(C)(C)OC(=O)N1CCCC1C(=O)O.O=c1[nH]c(Br)cc2ccccc12. The van der Waals surface area contributed by atoms with Gasteiger partial charge < -0.3 is 14.8 Å². The minimum atomic E-state index is -0.960. The van der Waals surface area contributed by atoms with Gasteiger partial charge in [0.1, 0.15) is 11.6 Å². The van der Waals surface area contributed by atoms with Gasteiger partial charge in [-0.2, -0.15) is 0 Å². The van der Waals surface area contributed by atoms with Crippen molar-refractivity contribution in [2.24, 2.45) is 0 Å². The maximum atomic E-state index is 11.6. The number of benzene rings is 1. The number of aromatic nitrogens is 1. The van der Waals surface area contributed by atoms with Crippen molar-refractivity contribution in [3.05, 3.63) is 45.3 Å². The first kappa shape index (κ1) is 21.0. The lowest BCUT2D eigenvalue weighted by Gasteiger charge is -2.26. The van der Waals surface area contributed by atoms with Crippen LogP contribution < -0.4 is 5.56 Å². The molecule has 7 nitrogen and oxygen atoms in total. The molecular weight excluding hydrogens is 416 g/mol. The summed E-state index contributed by atoms with van der Waals surface area (Å²) in [5.41, 5.74) is -0.636. The number of rotatable bonds is 1. The molecule has 1 unspecified atom stereocenters. The zero-order valence-electron chi connectivity index (χ0n) is 15.5. The molecule has 27 heavy (non-hydrogen) atoms. The number of halogens is 1. The first-order valence-electron chi connectivity index (χ1n) is 8.58. The third kappa shape index (κ3) is 5.82. The van der Waals surface area contributed by atoms with Gasteiger partial charge in [-0.15, -0.1) is 0 Å². The van der Waals surface area contributed by atoms with Crippen LogP contribution in [0.2, 0.25) is 0 Å². The fourth-order valence-electron chi connectivity index (χ4n) is 2.74. The van der Waals surface area contributed by atoms with E-state index < -0.39 is 23.7 Å². The third-order valence-corrected chi connectivity index (χ3v) is 4.31. The van der Waals surface area contributed by atoms with Crippen LogP contribution in [0.15, 0.2) is 39.7 Å². The Kier molecular flexibility index (Phi) is 6.64. The number of carboxylic acid groups (broad SMARTS) is 1. The van der Waals surface area contributed by atoms with Gasteiger partial charge in [0.05, 0.1) is 4.60 Å². The Morgan fingerprint density at radius 1 is 1.30 bits per heavy atom. The molecule has 1 atom stereocenters. The number of carboxylic acids is 1. The summed E-state index contributed by atoms with van der Waals surface area (Å²) < 4.78 is 5.84. The van der Waals surface area contributed by atoms with Gasteiger partial charge in [-0.05, 0) is 67.1 Å². The number of aliphatic carboxylic acids is 1. The van der Waals surface area contributed by atoms with Crippen molar-refractivity contribution in [1.29, 1.82) is 0 Å². The van der Waals surface area contributed by atoms with Crippen molar-refractivity contribution in [2.45, 2.75) is 45.3 Å². The summed E-state index contributed by atoms with van der Waals surface area (Å²) >= 11 is 3.23. The molecule has 0 saturated carbocycles. The van der Waals surface area contributed by atoms with E-state index in [0.717, 1.165) is 17.2 Å². The molecule has 1 saturated heterocycles. The number of carbonyl (C=O) groups is 2. The lowest BCUT2D eigenvalue weighted by Crippen LogP contribution is -2.43. The van der Waals surface area contributed by atoms with Gasteiger partial charge in [0.15, 0.2) is 0 Å². The molecule has 1 aliphatic rings. The van der Waals surface area contributed by atoms with Crippen LogP contribution in [-0.2, 0) is 9.53 Å². The van der Waals surface area contributed by atoms with Crippen LogP contribution in [0.3, 0.4) is 0 Å². The minimum absolute atomic E-state index is 0.0556. The van der Waals surface area contributed by atoms with E-state index in [9.17, 15) is 14.4 Å². The van der Waals surface area contributed by atoms with Gasteiger partial charge in [0.2, 0.25) is 0 Å². The molecule has 2 heterocycles. The first-order chi connectivity index (χ1) is 12.6. The Hall–Kier alpha value is -2.35. The average Bonchev–Trinajstić information content (AvgIpc) is 3.04. The summed E-state index contributed by atoms with van der Waals surface area (Å²) in [5.74, 6) is -0.960. The number of amides is 1. The maximum Gasteiger partial charge on any atom is 0.411 e. The third-order valence-electron chi connectivity index (χ3n) is 3.89. The number of hydrogen-bond acceptors (Lipinski definition) is 4. The van der Waals surface area contributed by atoms with Crippen molar-refractivity contribution >= 4 is 38.8 Å². The largest absolute Gasteiger partial charge is 0.480 e. The highest BCUT2D eigenvalue weighted by Crippen LogP contribution is 2.20. The Labute approximate surface area is 165 Å². The fraction of sp³-hybridized carbons (Fsp3) is 0.421. The van der Waals surface area contributed by atoms with Gasteiger partial charge in [0.25, 0.3) is 5.56 Å². The van der Waals surface area contributed by atoms with E-state index in [0.29, 0.717) is 17.6 Å². The van der Waals surface area contributed by atoms with E-state index in [1.807, 2.05) is 24.3 Å². The number of aromatic amines is 1. The summed E-state index contributed by atoms with van der Waals surface area (Å²) in [7, 11) is 0. The van der Waals surface area contributed by atoms with Gasteiger partial charge in [-0.1, -0.05) is 18.2 Å². The molecule has 2 aromatic rings. The maximum absolute atomic E-state index is 11.6. The van der Waals surface area contributed by atoms with E-state index in [-0.39, 0.29) is 5.56 Å². The topological polar surface area (TPSA) is 99.7 Å². The summed E-state index contributed by atoms with van der Waals surface area (Å²) in [6.07, 6.45) is 0.692. The number of nitrogens with zero attached hydrogens (tertiary/aromatic N) is 1. The fourth-order valence-corrected chi connectivity index (χ4v) is 3.17. The highest BCUT2D eigenvalue weighted by molar-refractivity contribution is 9.10. The Bertz CT molecular complexity index is 888. The van der Waals surface area contributed by atoms with E-state index in [1.54, 1.807) is 26.8 Å². The number of fused-ring (bicyclic) bond motifs is 1. The molecule has 1 amide bonds. The molecule has 0 radical (unpaired) electrons. The quantitative estimate of drug-likeness (QED) is 0.660. The molecule has 0 spiro atoms. The van der Waals surface area contributed by atoms with E-state index in [1.165, 1.54) is 4.90 Å². The predicted molar refractivity (Wildman–Crippen MR) is 106 cm³/mol. The first-order valence-corrected chi connectivity index (χ1v) is 9.38. The van der Waals surface area contributed by atoms with Crippen LogP contribution in [0, 0.1) is 0 Å². The molecular formula is C19H23BrN2O5. The van der Waals surface area contributed by atoms with Crippen LogP contribution in [0.25, 0.3) is 10.8 Å². The Balaban J connectivity index is 0.000000198. The van der Waals surface area contributed by atoms with Crippen LogP contribution in [0.4, 0.5) is 4.79 Å². The van der Waals surface area contributed by atoms with Gasteiger partial charge in [-0.25, -0.2) is 9.59 Å². The highest BCUT2D eigenvalue weighted by atomic mass is 79.9. The average molecular weight is 439 g/mol. The molecule has 1 aromatic carbocycles. The number of hydrogen-bond donors (Lipinski definition) is 2. The molecule has 146 valence electrons. The molecule has 8 heteroatoms. The summed E-state index contributed by atoms with van der Waals surface area (Å²) in [4.78, 5) is 37.7. The van der Waals surface area contributed by atoms with E-state index in [2.05, 4.69) is 20.9 Å². The zero-order chi connectivity index (χ0) is 20.2. The molecule has 3 rings (SSSR count). The number of carbonyl (C=O) groups excluding carboxylic acids is 1. The predicted octanol–water partition coefficient (Wildman–Crippen LogP) is 3.76. The minimum Gasteiger partial charge on any atom is -0.480 e. The monoisotopic (exact) mass is 438 g/mol. The molecule has 2 N–H and O–H groups in total. The molecule has 0 aliphatic carbocycles. The van der Waals surface area contributed by atoms with Crippen molar-refractivity contribution in [1.82, 2.24) is 9.88 Å². The van der Waals surface area contributed by atoms with Crippen molar-refractivity contribution in [2.75, 3.05) is 6.54 Å². The Morgan fingerprint density at radius 2 is 1.96 bits per heavy atom. The smallest absolute Gasteiger partial charge is 0.411 e. The van der Waals surface area contributed by atoms with Crippen LogP contribution in [0.1, 0.15) is 33.6 Å². The van der Waals surface area contributed by atoms with E-state index >= 15 is 0 Å². The number of nitrogens with one attached hydrogen (secondary N) is 1. The second kappa shape index (κ2) is 8.56. The molecule has 1 aliphatic heterocycles. The zero-order valence-corrected chi connectivity index (χ0v) is 17.1. The van der Waals surface area contributed by atoms with Crippen LogP contribution in [-0.4, -0.2) is 45.2 Å². The Morgan fingerprint density at radius 3 is 2.59 bits per heavy atom. The molecule has 1 fully saturated rings. The normalized spacial score (nSPS) is 16.6. The number of likely N-dealkylation sites (tertiary alicyclic amines) is 1. The second-order valence-electron chi connectivity index (χ2n) is 7.20. The lowest BCUT2D eigenvalue weighted by molar-refractivity contribution is -0.142. The van der Waals surface area contributed by atoms with Crippen molar-refractivity contribution < 1.29 is 19.4 Å². The van der Waals surface area contributed by atoms with Crippen molar-refractivity contribution in [3.63, 3.8) is 0 Å². The van der Waals surface area contributed by atoms with Gasteiger partial charge >= 0.3 is 12.1 Å². The van der Waals surface area contributed by atoms with Crippen LogP contribution >= 0.6 is 15.9 Å². The summed E-state index contributed by atoms with van der Waals surface area (Å²) in [6.45, 7) is 5.75. The standard InChI is InChI=1S/C10H17NO4.C9H6BrNO/c1-10(2,3)15-9(14)11-6-4-5-7(11)8(12)13;10-8-5-6-3-1-2-4-7(6)9(12)11-8/h7H,4-6H2,1-3H3,(H,12,13);1-5H,(H,11,12). The number of pyridine rings is 1. The summed E-state index contributed by atoms with van der Waals surface area (Å²) in [6, 6.07) is 8.65. The summed E-state index contributed by atoms with van der Waals surface area (Å²) in [5, 5.41) is 10.6. The molecule has 1 aromatic heterocycles. The van der Waals surface area contributed by atoms with Gasteiger partial charge in [0, 0.05) is 11.9 Å². The van der Waals surface area contributed by atoms with Gasteiger partial charge in [-0.3, -0.25) is 9.69 Å². The highest BCUT2D eigenvalue weighted by Gasteiger charge is 2.36. The number of ether oxygens (including phenoxy) is 1. The van der Waals surface area contributed by atoms with E-state index in [4.69, 9.17) is 9.84 Å². The van der Waals surface area contributed by atoms with Crippen LogP contribution in [0.5, 0.6) is 0 Å².